The third kappa shape index (κ3) is 5.34. The van der Waals surface area contributed by atoms with Crippen LogP contribution in [0.2, 0.25) is 0 Å². The third-order valence-electron chi connectivity index (χ3n) is 11.2. The topological polar surface area (TPSA) is 16.4 Å². The summed E-state index contributed by atoms with van der Waals surface area (Å²) in [7, 11) is 0. The Bertz CT molecular complexity index is 3250. The van der Waals surface area contributed by atoms with Crippen molar-refractivity contribution in [3.63, 3.8) is 0 Å². The summed E-state index contributed by atoms with van der Waals surface area (Å²) in [5, 5.41) is 9.55. The van der Waals surface area contributed by atoms with Gasteiger partial charge in [-0.05, 0) is 115 Å². The van der Waals surface area contributed by atoms with Gasteiger partial charge in [-0.25, -0.2) is 0 Å². The van der Waals surface area contributed by atoms with Crippen molar-refractivity contribution in [2.75, 3.05) is 4.90 Å². The monoisotopic (exact) mass is 713 g/mol. The Hall–Kier alpha value is -7.42. The van der Waals surface area contributed by atoms with Crippen LogP contribution in [0.1, 0.15) is 0 Å². The summed E-state index contributed by atoms with van der Waals surface area (Å²) in [6, 6.07) is 76.5. The molecular weight excluding hydrogens is 679 g/mol. The van der Waals surface area contributed by atoms with Gasteiger partial charge < -0.3 is 9.32 Å². The van der Waals surface area contributed by atoms with Gasteiger partial charge in [-0.2, -0.15) is 0 Å². The Labute approximate surface area is 325 Å². The zero-order chi connectivity index (χ0) is 37.0. The van der Waals surface area contributed by atoms with Crippen molar-refractivity contribution in [2.45, 2.75) is 0 Å². The molecule has 0 spiro atoms. The fourth-order valence-corrected chi connectivity index (χ4v) is 8.57. The molecule has 0 saturated carbocycles. The van der Waals surface area contributed by atoms with Crippen LogP contribution in [-0.4, -0.2) is 0 Å². The van der Waals surface area contributed by atoms with E-state index in [1.54, 1.807) is 0 Å². The van der Waals surface area contributed by atoms with Crippen molar-refractivity contribution in [2.24, 2.45) is 0 Å². The molecule has 0 unspecified atom stereocenters. The molecule has 1 heterocycles. The molecule has 0 bridgehead atoms. The number of nitrogens with zero attached hydrogens (tertiary/aromatic N) is 1. The Morgan fingerprint density at radius 3 is 1.75 bits per heavy atom. The number of hydrogen-bond donors (Lipinski definition) is 0. The van der Waals surface area contributed by atoms with Gasteiger partial charge in [-0.1, -0.05) is 158 Å². The van der Waals surface area contributed by atoms with Gasteiger partial charge in [0.25, 0.3) is 0 Å². The fourth-order valence-electron chi connectivity index (χ4n) is 8.57. The van der Waals surface area contributed by atoms with E-state index in [2.05, 4.69) is 217 Å². The van der Waals surface area contributed by atoms with E-state index in [1.165, 1.54) is 54.7 Å². The molecule has 0 fully saturated rings. The van der Waals surface area contributed by atoms with Crippen molar-refractivity contribution in [1.29, 1.82) is 0 Å². The molecule has 0 atom stereocenters. The first-order chi connectivity index (χ1) is 27.8. The van der Waals surface area contributed by atoms with Crippen LogP contribution in [0.4, 0.5) is 17.1 Å². The zero-order valence-corrected chi connectivity index (χ0v) is 30.6. The van der Waals surface area contributed by atoms with Crippen LogP contribution in [0.15, 0.2) is 217 Å². The minimum absolute atomic E-state index is 0.879. The molecule has 2 heteroatoms. The largest absolute Gasteiger partial charge is 0.455 e. The van der Waals surface area contributed by atoms with Crippen LogP contribution in [0.25, 0.3) is 87.6 Å². The molecule has 0 saturated heterocycles. The predicted molar refractivity (Wildman–Crippen MR) is 237 cm³/mol. The maximum absolute atomic E-state index is 6.55. The van der Waals surface area contributed by atoms with E-state index in [-0.39, 0.29) is 0 Å². The predicted octanol–water partition coefficient (Wildman–Crippen LogP) is 15.5. The molecule has 0 radical (unpaired) electrons. The molecule has 0 aliphatic carbocycles. The van der Waals surface area contributed by atoms with E-state index in [4.69, 9.17) is 4.42 Å². The Morgan fingerprint density at radius 1 is 0.286 bits per heavy atom. The lowest BCUT2D eigenvalue weighted by molar-refractivity contribution is 0.672. The molecule has 0 aliphatic heterocycles. The van der Waals surface area contributed by atoms with E-state index in [0.29, 0.717) is 0 Å². The fraction of sp³-hybridized carbons (Fsp3) is 0. The maximum atomic E-state index is 6.55. The summed E-state index contributed by atoms with van der Waals surface area (Å²) in [6.07, 6.45) is 0. The third-order valence-corrected chi connectivity index (χ3v) is 11.2. The van der Waals surface area contributed by atoms with Crippen molar-refractivity contribution in [3.05, 3.63) is 212 Å². The first-order valence-electron chi connectivity index (χ1n) is 19.2. The van der Waals surface area contributed by atoms with Gasteiger partial charge in [0.2, 0.25) is 0 Å². The van der Waals surface area contributed by atoms with E-state index >= 15 is 0 Å². The number of anilines is 3. The number of rotatable bonds is 6. The van der Waals surface area contributed by atoms with Crippen LogP contribution >= 0.6 is 0 Å². The molecule has 10 aromatic carbocycles. The molecule has 56 heavy (non-hydrogen) atoms. The van der Waals surface area contributed by atoms with Crippen molar-refractivity contribution in [1.82, 2.24) is 0 Å². The van der Waals surface area contributed by atoms with E-state index in [9.17, 15) is 0 Å². The molecule has 11 rings (SSSR count). The summed E-state index contributed by atoms with van der Waals surface area (Å²) in [6.45, 7) is 0. The highest BCUT2D eigenvalue weighted by molar-refractivity contribution is 6.16. The Morgan fingerprint density at radius 2 is 0.911 bits per heavy atom. The second kappa shape index (κ2) is 13.2. The number of furan rings is 1. The SMILES string of the molecule is c1ccc(-c2ccc(N(c3cccc(-c4ccccc4-c4cc5ccccc5c5ccccc45)c3)c3ccc4oc5c6ccccc6ccc5c4c3)cc2)cc1. The van der Waals surface area contributed by atoms with E-state index < -0.39 is 0 Å². The number of benzene rings is 10. The number of hydrogen-bond acceptors (Lipinski definition) is 2. The first kappa shape index (κ1) is 32.0. The normalized spacial score (nSPS) is 11.6. The van der Waals surface area contributed by atoms with Gasteiger partial charge in [-0.3, -0.25) is 0 Å². The highest BCUT2D eigenvalue weighted by atomic mass is 16.3. The highest BCUT2D eigenvalue weighted by Gasteiger charge is 2.19. The number of fused-ring (bicyclic) bond motifs is 8. The molecule has 262 valence electrons. The Kier molecular flexibility index (Phi) is 7.53. The van der Waals surface area contributed by atoms with Crippen LogP contribution in [0.3, 0.4) is 0 Å². The van der Waals surface area contributed by atoms with E-state index in [1.807, 2.05) is 0 Å². The van der Waals surface area contributed by atoms with Gasteiger partial charge >= 0.3 is 0 Å². The molecule has 11 aromatic rings. The van der Waals surface area contributed by atoms with Crippen molar-refractivity contribution in [3.8, 4) is 33.4 Å². The minimum Gasteiger partial charge on any atom is -0.455 e. The molecule has 0 aliphatic rings. The molecule has 0 amide bonds. The quantitative estimate of drug-likeness (QED) is 0.160. The standard InChI is InChI=1S/C54H35NO/c1-2-13-36(14-3-1)37-25-28-41(29-26-37)55(43-30-32-53-52(35-43)50-31-27-38-15-4-7-21-46(38)54(50)56-53)42-18-12-17-39(33-42)44-20-8-9-23-48(44)51-34-40-16-5-6-19-45(40)47-22-10-11-24-49(47)51/h1-35H. The van der Waals surface area contributed by atoms with Crippen molar-refractivity contribution >= 4 is 71.3 Å². The lowest BCUT2D eigenvalue weighted by Crippen LogP contribution is -2.10. The van der Waals surface area contributed by atoms with Gasteiger partial charge in [0.1, 0.15) is 11.2 Å². The molecule has 1 aromatic heterocycles. The van der Waals surface area contributed by atoms with Crippen LogP contribution in [0, 0.1) is 0 Å². The second-order valence-electron chi connectivity index (χ2n) is 14.5. The van der Waals surface area contributed by atoms with Gasteiger partial charge in [0, 0.05) is 33.2 Å². The maximum Gasteiger partial charge on any atom is 0.143 e. The molecule has 2 nitrogen and oxygen atoms in total. The highest BCUT2D eigenvalue weighted by Crippen LogP contribution is 2.44. The molecule has 0 N–H and O–H groups in total. The van der Waals surface area contributed by atoms with Crippen molar-refractivity contribution < 1.29 is 4.42 Å². The summed E-state index contributed by atoms with van der Waals surface area (Å²) < 4.78 is 6.55. The average Bonchev–Trinajstić information content (AvgIpc) is 3.66. The summed E-state index contributed by atoms with van der Waals surface area (Å²) >= 11 is 0. The van der Waals surface area contributed by atoms with E-state index in [0.717, 1.165) is 50.0 Å². The van der Waals surface area contributed by atoms with Crippen LogP contribution in [0.5, 0.6) is 0 Å². The van der Waals surface area contributed by atoms with Crippen LogP contribution < -0.4 is 4.90 Å². The van der Waals surface area contributed by atoms with Crippen LogP contribution in [-0.2, 0) is 0 Å². The lowest BCUT2D eigenvalue weighted by atomic mass is 9.89. The van der Waals surface area contributed by atoms with Gasteiger partial charge in [0.15, 0.2) is 0 Å². The first-order valence-corrected chi connectivity index (χ1v) is 19.2. The summed E-state index contributed by atoms with van der Waals surface area (Å²) in [5.74, 6) is 0. The zero-order valence-electron chi connectivity index (χ0n) is 30.6. The molecular formula is C54H35NO. The van der Waals surface area contributed by atoms with Gasteiger partial charge in [0.05, 0.1) is 0 Å². The van der Waals surface area contributed by atoms with Gasteiger partial charge in [-0.15, -0.1) is 0 Å². The minimum atomic E-state index is 0.879. The summed E-state index contributed by atoms with van der Waals surface area (Å²) in [4.78, 5) is 2.37. The average molecular weight is 714 g/mol. The lowest BCUT2D eigenvalue weighted by Gasteiger charge is -2.26. The Balaban J connectivity index is 1.09. The summed E-state index contributed by atoms with van der Waals surface area (Å²) in [5.41, 5.74) is 12.2. The second-order valence-corrected chi connectivity index (χ2v) is 14.5. The smallest absolute Gasteiger partial charge is 0.143 e.